The Bertz CT molecular complexity index is 439. The summed E-state index contributed by atoms with van der Waals surface area (Å²) >= 11 is 6.35. The second kappa shape index (κ2) is 8.17. The van der Waals surface area contributed by atoms with Crippen molar-refractivity contribution in [3.63, 3.8) is 0 Å². The minimum atomic E-state index is 0.0389. The summed E-state index contributed by atoms with van der Waals surface area (Å²) in [6.07, 6.45) is 1.13. The van der Waals surface area contributed by atoms with Gasteiger partial charge in [0.15, 0.2) is 0 Å². The van der Waals surface area contributed by atoms with E-state index in [-0.39, 0.29) is 11.6 Å². The van der Waals surface area contributed by atoms with Gasteiger partial charge in [-0.3, -0.25) is 4.90 Å². The average molecular weight is 311 g/mol. The molecule has 0 spiro atoms. The lowest BCUT2D eigenvalue weighted by molar-refractivity contribution is 0.0912. The fourth-order valence-electron chi connectivity index (χ4n) is 3.07. The molecule has 120 valence electrons. The lowest BCUT2D eigenvalue weighted by Gasteiger charge is -2.44. The van der Waals surface area contributed by atoms with E-state index in [0.717, 1.165) is 36.6 Å². The first-order chi connectivity index (χ1) is 9.88. The van der Waals surface area contributed by atoms with Gasteiger partial charge in [0.05, 0.1) is 6.04 Å². The van der Waals surface area contributed by atoms with E-state index < -0.39 is 0 Å². The van der Waals surface area contributed by atoms with Crippen molar-refractivity contribution in [1.29, 1.82) is 0 Å². The first-order valence-electron chi connectivity index (χ1n) is 8.12. The van der Waals surface area contributed by atoms with Crippen LogP contribution in [0.1, 0.15) is 58.2 Å². The molecular weight excluding hydrogens is 280 g/mol. The van der Waals surface area contributed by atoms with Gasteiger partial charge in [-0.05, 0) is 64.0 Å². The Labute approximate surface area is 135 Å². The maximum atomic E-state index is 6.35. The number of aryl methyl sites for hydroxylation is 1. The number of benzene rings is 1. The molecule has 0 radical (unpaired) electrons. The van der Waals surface area contributed by atoms with Crippen molar-refractivity contribution in [2.24, 2.45) is 0 Å². The van der Waals surface area contributed by atoms with Gasteiger partial charge >= 0.3 is 0 Å². The number of hydrogen-bond acceptors (Lipinski definition) is 2. The Morgan fingerprint density at radius 1 is 1.19 bits per heavy atom. The molecule has 3 heteroatoms. The molecule has 0 aliphatic heterocycles. The van der Waals surface area contributed by atoms with Crippen molar-refractivity contribution in [3.8, 4) is 0 Å². The van der Waals surface area contributed by atoms with E-state index in [2.05, 4.69) is 70.0 Å². The summed E-state index contributed by atoms with van der Waals surface area (Å²) < 4.78 is 0. The standard InChI is InChI=1S/C18H31ClN2/c1-7-12-20-17(18(5,6)21(8-2)9-3)15-11-10-14(4)16(19)13-15/h10-11,13,17,20H,7-9,12H2,1-6H3. The quantitative estimate of drug-likeness (QED) is 0.741. The number of rotatable bonds is 8. The van der Waals surface area contributed by atoms with Gasteiger partial charge < -0.3 is 5.32 Å². The van der Waals surface area contributed by atoms with E-state index >= 15 is 0 Å². The van der Waals surface area contributed by atoms with Crippen LogP contribution >= 0.6 is 11.6 Å². The van der Waals surface area contributed by atoms with Crippen molar-refractivity contribution in [2.45, 2.75) is 59.5 Å². The first kappa shape index (κ1) is 18.5. The van der Waals surface area contributed by atoms with Gasteiger partial charge in [0, 0.05) is 10.6 Å². The van der Waals surface area contributed by atoms with Crippen LogP contribution in [-0.2, 0) is 0 Å². The zero-order valence-corrected chi connectivity index (χ0v) is 15.2. The minimum Gasteiger partial charge on any atom is -0.308 e. The van der Waals surface area contributed by atoms with Gasteiger partial charge in [-0.1, -0.05) is 44.5 Å². The Kier molecular flexibility index (Phi) is 7.19. The number of likely N-dealkylation sites (N-methyl/N-ethyl adjacent to an activating group) is 1. The summed E-state index contributed by atoms with van der Waals surface area (Å²) in [6.45, 7) is 16.5. The predicted octanol–water partition coefficient (Wildman–Crippen LogP) is 4.81. The van der Waals surface area contributed by atoms with Crippen LogP contribution in [0.2, 0.25) is 5.02 Å². The van der Waals surface area contributed by atoms with E-state index in [4.69, 9.17) is 11.6 Å². The SMILES string of the molecule is CCCNC(c1ccc(C)c(Cl)c1)C(C)(C)N(CC)CC. The van der Waals surface area contributed by atoms with Crippen molar-refractivity contribution in [2.75, 3.05) is 19.6 Å². The van der Waals surface area contributed by atoms with Crippen LogP contribution in [0.4, 0.5) is 0 Å². The van der Waals surface area contributed by atoms with Gasteiger partial charge in [-0.2, -0.15) is 0 Å². The van der Waals surface area contributed by atoms with Crippen LogP contribution in [0.25, 0.3) is 0 Å². The molecule has 0 fully saturated rings. The third kappa shape index (κ3) is 4.45. The highest BCUT2D eigenvalue weighted by Gasteiger charge is 2.34. The number of hydrogen-bond donors (Lipinski definition) is 1. The molecule has 0 aliphatic rings. The topological polar surface area (TPSA) is 15.3 Å². The maximum absolute atomic E-state index is 6.35. The van der Waals surface area contributed by atoms with E-state index in [1.165, 1.54) is 5.56 Å². The number of nitrogens with one attached hydrogen (secondary N) is 1. The molecule has 1 atom stereocenters. The summed E-state index contributed by atoms with van der Waals surface area (Å²) in [7, 11) is 0. The van der Waals surface area contributed by atoms with Crippen LogP contribution in [0.3, 0.4) is 0 Å². The molecule has 1 N–H and O–H groups in total. The average Bonchev–Trinajstić information content (AvgIpc) is 2.43. The van der Waals surface area contributed by atoms with Crippen molar-refractivity contribution in [3.05, 3.63) is 34.3 Å². The fourth-order valence-corrected chi connectivity index (χ4v) is 3.26. The molecule has 2 nitrogen and oxygen atoms in total. The predicted molar refractivity (Wildman–Crippen MR) is 94.2 cm³/mol. The number of nitrogens with zero attached hydrogens (tertiary/aromatic N) is 1. The van der Waals surface area contributed by atoms with Crippen molar-refractivity contribution in [1.82, 2.24) is 10.2 Å². The molecular formula is C18H31ClN2. The van der Waals surface area contributed by atoms with E-state index in [1.807, 2.05) is 0 Å². The molecule has 0 bridgehead atoms. The highest BCUT2D eigenvalue weighted by atomic mass is 35.5. The lowest BCUT2D eigenvalue weighted by atomic mass is 9.86. The molecule has 0 heterocycles. The Balaban J connectivity index is 3.17. The first-order valence-corrected chi connectivity index (χ1v) is 8.50. The number of halogens is 1. The van der Waals surface area contributed by atoms with Gasteiger partial charge in [0.1, 0.15) is 0 Å². The normalized spacial score (nSPS) is 13.7. The minimum absolute atomic E-state index is 0.0389. The molecule has 1 aromatic carbocycles. The Morgan fingerprint density at radius 3 is 2.29 bits per heavy atom. The van der Waals surface area contributed by atoms with Crippen LogP contribution < -0.4 is 5.32 Å². The van der Waals surface area contributed by atoms with Crippen LogP contribution in [0.5, 0.6) is 0 Å². The van der Waals surface area contributed by atoms with Gasteiger partial charge in [0.25, 0.3) is 0 Å². The molecule has 0 aliphatic carbocycles. The van der Waals surface area contributed by atoms with Gasteiger partial charge in [-0.25, -0.2) is 0 Å². The van der Waals surface area contributed by atoms with Crippen LogP contribution in [0, 0.1) is 6.92 Å². The van der Waals surface area contributed by atoms with Gasteiger partial charge in [0.2, 0.25) is 0 Å². The molecule has 21 heavy (non-hydrogen) atoms. The fraction of sp³-hybridized carbons (Fsp3) is 0.667. The second-order valence-corrected chi connectivity index (χ2v) is 6.63. The smallest absolute Gasteiger partial charge is 0.0502 e. The van der Waals surface area contributed by atoms with E-state index in [1.54, 1.807) is 0 Å². The molecule has 1 rings (SSSR count). The molecule has 0 saturated heterocycles. The molecule has 0 aromatic heterocycles. The molecule has 1 unspecified atom stereocenters. The zero-order chi connectivity index (χ0) is 16.0. The van der Waals surface area contributed by atoms with Crippen molar-refractivity contribution >= 4 is 11.6 Å². The summed E-state index contributed by atoms with van der Waals surface area (Å²) in [4.78, 5) is 2.51. The third-order valence-electron chi connectivity index (χ3n) is 4.41. The zero-order valence-electron chi connectivity index (χ0n) is 14.5. The Hall–Kier alpha value is -0.570. The van der Waals surface area contributed by atoms with E-state index in [9.17, 15) is 0 Å². The van der Waals surface area contributed by atoms with E-state index in [0.29, 0.717) is 0 Å². The highest BCUT2D eigenvalue weighted by Crippen LogP contribution is 2.33. The third-order valence-corrected chi connectivity index (χ3v) is 4.82. The summed E-state index contributed by atoms with van der Waals surface area (Å²) in [5.74, 6) is 0. The second-order valence-electron chi connectivity index (χ2n) is 6.22. The monoisotopic (exact) mass is 310 g/mol. The largest absolute Gasteiger partial charge is 0.308 e. The summed E-state index contributed by atoms with van der Waals surface area (Å²) in [5.41, 5.74) is 2.45. The molecule has 0 saturated carbocycles. The highest BCUT2D eigenvalue weighted by molar-refractivity contribution is 6.31. The van der Waals surface area contributed by atoms with Gasteiger partial charge in [-0.15, -0.1) is 0 Å². The summed E-state index contributed by atoms with van der Waals surface area (Å²) in [6, 6.07) is 6.72. The lowest BCUT2D eigenvalue weighted by Crippen LogP contribution is -2.52. The maximum Gasteiger partial charge on any atom is 0.0502 e. The Morgan fingerprint density at radius 2 is 1.81 bits per heavy atom. The summed E-state index contributed by atoms with van der Waals surface area (Å²) in [5, 5.41) is 4.57. The van der Waals surface area contributed by atoms with Crippen LogP contribution in [-0.4, -0.2) is 30.1 Å². The van der Waals surface area contributed by atoms with Crippen molar-refractivity contribution < 1.29 is 0 Å². The molecule has 1 aromatic rings. The van der Waals surface area contributed by atoms with Crippen LogP contribution in [0.15, 0.2) is 18.2 Å². The molecule has 0 amide bonds.